The van der Waals surface area contributed by atoms with Crippen LogP contribution in [0.3, 0.4) is 0 Å². The first-order valence-corrected chi connectivity index (χ1v) is 6.12. The number of benzene rings is 1. The van der Waals surface area contributed by atoms with Gasteiger partial charge < -0.3 is 9.47 Å². The van der Waals surface area contributed by atoms with Crippen molar-refractivity contribution in [2.45, 2.75) is 19.8 Å². The molecule has 0 bridgehead atoms. The van der Waals surface area contributed by atoms with Crippen LogP contribution >= 0.6 is 0 Å². The Kier molecular flexibility index (Phi) is 3.67. The van der Waals surface area contributed by atoms with Gasteiger partial charge in [-0.05, 0) is 17.7 Å². The van der Waals surface area contributed by atoms with Gasteiger partial charge in [-0.3, -0.25) is 0 Å². The summed E-state index contributed by atoms with van der Waals surface area (Å²) in [5.74, 6) is 1.63. The number of hydrogen-bond acceptors (Lipinski definition) is 2. The summed E-state index contributed by atoms with van der Waals surface area (Å²) in [5.41, 5.74) is 2.59. The highest BCUT2D eigenvalue weighted by molar-refractivity contribution is 5.80. The molecule has 0 amide bonds. The van der Waals surface area contributed by atoms with Gasteiger partial charge in [-0.25, -0.2) is 4.58 Å². The predicted molar refractivity (Wildman–Crippen MR) is 68.7 cm³/mol. The fraction of sp³-hybridized carbons (Fsp3) is 0.500. The minimum Gasteiger partial charge on any atom is -0.493 e. The van der Waals surface area contributed by atoms with Crippen LogP contribution in [0.5, 0.6) is 11.5 Å². The lowest BCUT2D eigenvalue weighted by Gasteiger charge is -2.15. The lowest BCUT2D eigenvalue weighted by Crippen LogP contribution is -2.23. The van der Waals surface area contributed by atoms with E-state index in [-0.39, 0.29) is 0 Å². The van der Waals surface area contributed by atoms with Gasteiger partial charge in [0.05, 0.1) is 14.2 Å². The Bertz CT molecular complexity index is 438. The van der Waals surface area contributed by atoms with Gasteiger partial charge in [-0.2, -0.15) is 0 Å². The largest absolute Gasteiger partial charge is 0.493 e. The first-order chi connectivity index (χ1) is 8.28. The SMILES string of the molecule is CCC[N+]1=Cc2cc(OC)c(OC)cc2CC1. The van der Waals surface area contributed by atoms with E-state index in [2.05, 4.69) is 29.8 Å². The third-order valence-electron chi connectivity index (χ3n) is 3.15. The third kappa shape index (κ3) is 2.43. The highest BCUT2D eigenvalue weighted by atomic mass is 16.5. The summed E-state index contributed by atoms with van der Waals surface area (Å²) in [6.07, 6.45) is 4.48. The van der Waals surface area contributed by atoms with Gasteiger partial charge in [-0.15, -0.1) is 0 Å². The van der Waals surface area contributed by atoms with E-state index < -0.39 is 0 Å². The van der Waals surface area contributed by atoms with E-state index >= 15 is 0 Å². The Hall–Kier alpha value is -1.51. The molecule has 1 aromatic carbocycles. The Labute approximate surface area is 103 Å². The van der Waals surface area contributed by atoms with E-state index in [1.54, 1.807) is 14.2 Å². The monoisotopic (exact) mass is 234 g/mol. The van der Waals surface area contributed by atoms with E-state index in [0.29, 0.717) is 0 Å². The molecule has 0 aromatic heterocycles. The number of ether oxygens (including phenoxy) is 2. The zero-order chi connectivity index (χ0) is 12.3. The molecule has 1 aliphatic heterocycles. The van der Waals surface area contributed by atoms with Crippen LogP contribution < -0.4 is 9.47 Å². The summed E-state index contributed by atoms with van der Waals surface area (Å²) in [5, 5.41) is 0. The van der Waals surface area contributed by atoms with Gasteiger partial charge in [-0.1, -0.05) is 6.92 Å². The molecule has 0 atom stereocenters. The van der Waals surface area contributed by atoms with Gasteiger partial charge >= 0.3 is 0 Å². The van der Waals surface area contributed by atoms with E-state index in [9.17, 15) is 0 Å². The minimum atomic E-state index is 0.806. The summed E-state index contributed by atoms with van der Waals surface area (Å²) < 4.78 is 13.0. The maximum absolute atomic E-state index is 5.33. The normalized spacial score (nSPS) is 13.9. The van der Waals surface area contributed by atoms with E-state index in [0.717, 1.165) is 31.0 Å². The van der Waals surface area contributed by atoms with E-state index in [1.807, 2.05) is 0 Å². The molecule has 0 spiro atoms. The second-order valence-electron chi connectivity index (χ2n) is 4.32. The van der Waals surface area contributed by atoms with Crippen molar-refractivity contribution in [2.75, 3.05) is 27.3 Å². The van der Waals surface area contributed by atoms with Crippen molar-refractivity contribution in [1.29, 1.82) is 0 Å². The molecule has 1 aromatic rings. The van der Waals surface area contributed by atoms with Crippen molar-refractivity contribution in [2.24, 2.45) is 0 Å². The van der Waals surface area contributed by atoms with Gasteiger partial charge in [0.15, 0.2) is 17.7 Å². The maximum Gasteiger partial charge on any atom is 0.171 e. The molecule has 1 aliphatic rings. The summed E-state index contributed by atoms with van der Waals surface area (Å²) in [4.78, 5) is 0. The highest BCUT2D eigenvalue weighted by Gasteiger charge is 2.18. The van der Waals surface area contributed by atoms with Crippen LogP contribution in [0.4, 0.5) is 0 Å². The lowest BCUT2D eigenvalue weighted by atomic mass is 10.0. The van der Waals surface area contributed by atoms with Crippen LogP contribution in [0.1, 0.15) is 24.5 Å². The van der Waals surface area contributed by atoms with Crippen LogP contribution in [0, 0.1) is 0 Å². The van der Waals surface area contributed by atoms with Crippen LogP contribution in [-0.2, 0) is 6.42 Å². The molecule has 0 radical (unpaired) electrons. The number of rotatable bonds is 4. The summed E-state index contributed by atoms with van der Waals surface area (Å²) in [6.45, 7) is 4.42. The second kappa shape index (κ2) is 5.21. The quantitative estimate of drug-likeness (QED) is 0.744. The van der Waals surface area contributed by atoms with Gasteiger partial charge in [0, 0.05) is 18.4 Å². The first kappa shape index (κ1) is 12.0. The summed E-state index contributed by atoms with van der Waals surface area (Å²) in [6, 6.07) is 4.16. The van der Waals surface area contributed by atoms with Crippen molar-refractivity contribution in [3.63, 3.8) is 0 Å². The Morgan fingerprint density at radius 3 is 2.53 bits per heavy atom. The first-order valence-electron chi connectivity index (χ1n) is 6.12. The molecule has 2 rings (SSSR count). The molecule has 0 unspecified atom stereocenters. The van der Waals surface area contributed by atoms with Crippen molar-refractivity contribution >= 4 is 6.21 Å². The lowest BCUT2D eigenvalue weighted by molar-refractivity contribution is -0.524. The van der Waals surface area contributed by atoms with Gasteiger partial charge in [0.2, 0.25) is 0 Å². The maximum atomic E-state index is 5.33. The third-order valence-corrected chi connectivity index (χ3v) is 3.15. The molecule has 17 heavy (non-hydrogen) atoms. The zero-order valence-corrected chi connectivity index (χ0v) is 10.8. The fourth-order valence-corrected chi connectivity index (χ4v) is 2.26. The van der Waals surface area contributed by atoms with Crippen molar-refractivity contribution in [1.82, 2.24) is 0 Å². The average Bonchev–Trinajstić information content (AvgIpc) is 2.37. The molecule has 1 heterocycles. The topological polar surface area (TPSA) is 21.5 Å². The Morgan fingerprint density at radius 1 is 1.18 bits per heavy atom. The molecule has 0 aliphatic carbocycles. The zero-order valence-electron chi connectivity index (χ0n) is 10.8. The molecule has 3 nitrogen and oxygen atoms in total. The van der Waals surface area contributed by atoms with Crippen LogP contribution in [0.15, 0.2) is 12.1 Å². The van der Waals surface area contributed by atoms with E-state index in [4.69, 9.17) is 9.47 Å². The fourth-order valence-electron chi connectivity index (χ4n) is 2.26. The molecule has 92 valence electrons. The number of fused-ring (bicyclic) bond motifs is 1. The Morgan fingerprint density at radius 2 is 1.88 bits per heavy atom. The Balaban J connectivity index is 2.38. The van der Waals surface area contributed by atoms with Crippen molar-refractivity contribution in [3.8, 4) is 11.5 Å². The minimum absolute atomic E-state index is 0.806. The van der Waals surface area contributed by atoms with Crippen LogP contribution in [0.2, 0.25) is 0 Å². The number of hydrogen-bond donors (Lipinski definition) is 0. The smallest absolute Gasteiger partial charge is 0.171 e. The summed E-state index contributed by atoms with van der Waals surface area (Å²) >= 11 is 0. The molecular formula is C14H20NO2+. The highest BCUT2D eigenvalue weighted by Crippen LogP contribution is 2.31. The molecule has 0 N–H and O–H groups in total. The number of nitrogens with zero attached hydrogens (tertiary/aromatic N) is 1. The van der Waals surface area contributed by atoms with Crippen molar-refractivity contribution < 1.29 is 14.0 Å². The van der Waals surface area contributed by atoms with Gasteiger partial charge in [0.25, 0.3) is 0 Å². The second-order valence-corrected chi connectivity index (χ2v) is 4.32. The molecule has 3 heteroatoms. The number of methoxy groups -OCH3 is 2. The summed E-state index contributed by atoms with van der Waals surface area (Å²) in [7, 11) is 3.36. The molecule has 0 saturated heterocycles. The standard InChI is InChI=1S/C14H20NO2/c1-4-6-15-7-5-11-8-13(16-2)14(17-3)9-12(11)10-15/h8-10H,4-7H2,1-3H3/q+1. The molecule has 0 fully saturated rings. The van der Waals surface area contributed by atoms with Crippen LogP contribution in [-0.4, -0.2) is 38.1 Å². The van der Waals surface area contributed by atoms with Crippen LogP contribution in [0.25, 0.3) is 0 Å². The van der Waals surface area contributed by atoms with E-state index in [1.165, 1.54) is 17.5 Å². The van der Waals surface area contributed by atoms with Gasteiger partial charge in [0.1, 0.15) is 13.1 Å². The van der Waals surface area contributed by atoms with Crippen molar-refractivity contribution in [3.05, 3.63) is 23.3 Å². The molecular weight excluding hydrogens is 214 g/mol. The average molecular weight is 234 g/mol. The predicted octanol–water partition coefficient (Wildman–Crippen LogP) is 2.10. The molecule has 0 saturated carbocycles.